The summed E-state index contributed by atoms with van der Waals surface area (Å²) in [6, 6.07) is 0.387. The normalized spacial score (nSPS) is 23.1. The van der Waals surface area contributed by atoms with Crippen LogP contribution >= 0.6 is 11.6 Å². The van der Waals surface area contributed by atoms with E-state index in [2.05, 4.69) is 23.9 Å². The molecule has 1 saturated carbocycles. The van der Waals surface area contributed by atoms with Crippen molar-refractivity contribution in [1.29, 1.82) is 0 Å². The van der Waals surface area contributed by atoms with Crippen LogP contribution in [-0.2, 0) is 6.54 Å². The smallest absolute Gasteiger partial charge is 0.287 e. The summed E-state index contributed by atoms with van der Waals surface area (Å²) in [6.45, 7) is 6.23. The van der Waals surface area contributed by atoms with Crippen LogP contribution < -0.4 is 10.9 Å². The number of aromatic nitrogens is 2. The number of nitrogens with zero attached hydrogens (tertiary/aromatic N) is 2. The fourth-order valence-electron chi connectivity index (χ4n) is 2.60. The molecule has 104 valence electrons. The summed E-state index contributed by atoms with van der Waals surface area (Å²) < 4.78 is 1.31. The van der Waals surface area contributed by atoms with Gasteiger partial charge in [-0.05, 0) is 18.8 Å². The van der Waals surface area contributed by atoms with E-state index >= 15 is 0 Å². The van der Waals surface area contributed by atoms with Crippen molar-refractivity contribution in [3.8, 4) is 0 Å². The molecule has 0 aromatic carbocycles. The molecule has 1 aliphatic carbocycles. The van der Waals surface area contributed by atoms with Crippen LogP contribution in [0.15, 0.2) is 23.6 Å². The summed E-state index contributed by atoms with van der Waals surface area (Å²) in [4.78, 5) is 12.0. The third-order valence-electron chi connectivity index (χ3n) is 3.58. The van der Waals surface area contributed by atoms with E-state index in [1.807, 2.05) is 0 Å². The maximum Gasteiger partial charge on any atom is 0.287 e. The van der Waals surface area contributed by atoms with Crippen molar-refractivity contribution in [2.45, 2.75) is 45.2 Å². The van der Waals surface area contributed by atoms with Crippen LogP contribution in [0.25, 0.3) is 0 Å². The van der Waals surface area contributed by atoms with Gasteiger partial charge in [-0.25, -0.2) is 4.68 Å². The molecule has 1 aliphatic rings. The highest BCUT2D eigenvalue weighted by Gasteiger charge is 2.20. The van der Waals surface area contributed by atoms with E-state index in [1.165, 1.54) is 17.5 Å². The van der Waals surface area contributed by atoms with Gasteiger partial charge in [0.15, 0.2) is 0 Å². The second kappa shape index (κ2) is 6.24. The zero-order chi connectivity index (χ0) is 13.8. The van der Waals surface area contributed by atoms with E-state index in [0.29, 0.717) is 18.3 Å². The topological polar surface area (TPSA) is 46.9 Å². The number of hydrogen-bond donors (Lipinski definition) is 1. The zero-order valence-corrected chi connectivity index (χ0v) is 12.0. The van der Waals surface area contributed by atoms with E-state index in [1.54, 1.807) is 12.3 Å². The standard InChI is InChI=1S/C14H20ClN3O/c1-3-7-18-14(19)13(15)12(9-16-18)17-11-6-4-5-10(2)8-11/h3,9-11,17H,1,4-8H2,2H3. The van der Waals surface area contributed by atoms with E-state index in [-0.39, 0.29) is 10.6 Å². The van der Waals surface area contributed by atoms with Crippen molar-refractivity contribution in [3.05, 3.63) is 34.2 Å². The van der Waals surface area contributed by atoms with Gasteiger partial charge in [0.2, 0.25) is 0 Å². The number of rotatable bonds is 4. The fourth-order valence-corrected chi connectivity index (χ4v) is 2.80. The van der Waals surface area contributed by atoms with Crippen LogP contribution in [0.3, 0.4) is 0 Å². The van der Waals surface area contributed by atoms with E-state index in [0.717, 1.165) is 18.8 Å². The van der Waals surface area contributed by atoms with Crippen LogP contribution in [0.5, 0.6) is 0 Å². The molecule has 0 aliphatic heterocycles. The van der Waals surface area contributed by atoms with Crippen molar-refractivity contribution < 1.29 is 0 Å². The summed E-state index contributed by atoms with van der Waals surface area (Å²) in [7, 11) is 0. The molecule has 0 amide bonds. The third kappa shape index (κ3) is 3.38. The maximum absolute atomic E-state index is 12.0. The minimum absolute atomic E-state index is 0.218. The average Bonchev–Trinajstić information content (AvgIpc) is 2.39. The van der Waals surface area contributed by atoms with Crippen LogP contribution in [-0.4, -0.2) is 15.8 Å². The van der Waals surface area contributed by atoms with Crippen molar-refractivity contribution in [3.63, 3.8) is 0 Å². The highest BCUT2D eigenvalue weighted by Crippen LogP contribution is 2.27. The Labute approximate surface area is 118 Å². The highest BCUT2D eigenvalue weighted by atomic mass is 35.5. The van der Waals surface area contributed by atoms with E-state index in [9.17, 15) is 4.79 Å². The van der Waals surface area contributed by atoms with Gasteiger partial charge in [0, 0.05) is 6.04 Å². The Bertz CT molecular complexity index is 512. The van der Waals surface area contributed by atoms with Crippen molar-refractivity contribution >= 4 is 17.3 Å². The van der Waals surface area contributed by atoms with Gasteiger partial charge in [-0.15, -0.1) is 6.58 Å². The van der Waals surface area contributed by atoms with Crippen molar-refractivity contribution in [2.24, 2.45) is 5.92 Å². The van der Waals surface area contributed by atoms with Gasteiger partial charge in [0.05, 0.1) is 18.4 Å². The molecule has 1 N–H and O–H groups in total. The Balaban J connectivity index is 2.14. The summed E-state index contributed by atoms with van der Waals surface area (Å²) in [5, 5.41) is 7.67. The third-order valence-corrected chi connectivity index (χ3v) is 3.95. The molecule has 0 radical (unpaired) electrons. The molecule has 4 nitrogen and oxygen atoms in total. The lowest BCUT2D eigenvalue weighted by atomic mass is 9.87. The predicted molar refractivity (Wildman–Crippen MR) is 78.7 cm³/mol. The first-order chi connectivity index (χ1) is 9.11. The first-order valence-electron chi connectivity index (χ1n) is 6.75. The lowest BCUT2D eigenvalue weighted by molar-refractivity contribution is 0.358. The van der Waals surface area contributed by atoms with E-state index in [4.69, 9.17) is 11.6 Å². The Hall–Kier alpha value is -1.29. The monoisotopic (exact) mass is 281 g/mol. The molecule has 0 saturated heterocycles. The van der Waals surface area contributed by atoms with Gasteiger partial charge in [0.1, 0.15) is 5.02 Å². The summed E-state index contributed by atoms with van der Waals surface area (Å²) in [6.07, 6.45) is 8.00. The number of anilines is 1. The molecule has 2 unspecified atom stereocenters. The number of allylic oxidation sites excluding steroid dienone is 1. The Morgan fingerprint density at radius 1 is 1.63 bits per heavy atom. The molecule has 0 spiro atoms. The second-order valence-corrected chi connectivity index (χ2v) is 5.64. The molecule has 1 aromatic heterocycles. The van der Waals surface area contributed by atoms with Gasteiger partial charge in [-0.1, -0.05) is 37.4 Å². The molecule has 2 atom stereocenters. The lowest BCUT2D eigenvalue weighted by Crippen LogP contribution is -2.29. The lowest BCUT2D eigenvalue weighted by Gasteiger charge is -2.28. The number of halogens is 1. The molecule has 0 bridgehead atoms. The van der Waals surface area contributed by atoms with Crippen LogP contribution in [0.4, 0.5) is 5.69 Å². The Morgan fingerprint density at radius 2 is 2.42 bits per heavy atom. The molecular weight excluding hydrogens is 262 g/mol. The molecule has 1 heterocycles. The largest absolute Gasteiger partial charge is 0.380 e. The van der Waals surface area contributed by atoms with Crippen molar-refractivity contribution in [1.82, 2.24) is 9.78 Å². The van der Waals surface area contributed by atoms with Gasteiger partial charge in [0.25, 0.3) is 5.56 Å². The zero-order valence-electron chi connectivity index (χ0n) is 11.2. The fraction of sp³-hybridized carbons (Fsp3) is 0.571. The van der Waals surface area contributed by atoms with Gasteiger partial charge in [-0.2, -0.15) is 5.10 Å². The first kappa shape index (κ1) is 14.1. The molecule has 19 heavy (non-hydrogen) atoms. The van der Waals surface area contributed by atoms with Crippen LogP contribution in [0.2, 0.25) is 5.02 Å². The van der Waals surface area contributed by atoms with E-state index < -0.39 is 0 Å². The first-order valence-corrected chi connectivity index (χ1v) is 7.12. The number of nitrogens with one attached hydrogen (secondary N) is 1. The molecule has 5 heteroatoms. The maximum atomic E-state index is 12.0. The highest BCUT2D eigenvalue weighted by molar-refractivity contribution is 6.32. The average molecular weight is 282 g/mol. The molecule has 1 aromatic rings. The second-order valence-electron chi connectivity index (χ2n) is 5.26. The van der Waals surface area contributed by atoms with Crippen LogP contribution in [0.1, 0.15) is 32.6 Å². The quantitative estimate of drug-likeness (QED) is 0.863. The summed E-state index contributed by atoms with van der Waals surface area (Å²) >= 11 is 6.12. The predicted octanol–water partition coefficient (Wildman–Crippen LogP) is 3.07. The number of hydrogen-bond acceptors (Lipinski definition) is 3. The Kier molecular flexibility index (Phi) is 4.64. The molecular formula is C14H20ClN3O. The van der Waals surface area contributed by atoms with Gasteiger partial charge < -0.3 is 5.32 Å². The Morgan fingerprint density at radius 3 is 3.11 bits per heavy atom. The van der Waals surface area contributed by atoms with Crippen LogP contribution in [0, 0.1) is 5.92 Å². The minimum Gasteiger partial charge on any atom is -0.380 e. The molecule has 2 rings (SSSR count). The summed E-state index contributed by atoms with van der Waals surface area (Å²) in [5.74, 6) is 0.721. The van der Waals surface area contributed by atoms with Gasteiger partial charge in [-0.3, -0.25) is 4.79 Å². The minimum atomic E-state index is -0.268. The van der Waals surface area contributed by atoms with Crippen molar-refractivity contribution in [2.75, 3.05) is 5.32 Å². The summed E-state index contributed by atoms with van der Waals surface area (Å²) in [5.41, 5.74) is 0.376. The SMILES string of the molecule is C=CCn1ncc(NC2CCCC(C)C2)c(Cl)c1=O. The van der Waals surface area contributed by atoms with Gasteiger partial charge >= 0.3 is 0 Å². The molecule has 1 fully saturated rings.